The Morgan fingerprint density at radius 2 is 2.29 bits per heavy atom. The number of aromatic amines is 2. The van der Waals surface area contributed by atoms with Crippen LogP contribution in [0.5, 0.6) is 5.88 Å². The highest BCUT2D eigenvalue weighted by Crippen LogP contribution is 2.22. The van der Waals surface area contributed by atoms with Crippen molar-refractivity contribution in [2.75, 3.05) is 11.9 Å². The molecule has 0 unspecified atom stereocenters. The molecule has 124 valence electrons. The number of H-pyrrole nitrogens is 2. The van der Waals surface area contributed by atoms with Gasteiger partial charge in [0.15, 0.2) is 5.65 Å². The number of hydrogen-bond acceptors (Lipinski definition) is 7. The van der Waals surface area contributed by atoms with E-state index in [0.29, 0.717) is 35.0 Å². The predicted octanol–water partition coefficient (Wildman–Crippen LogP) is -1.11. The summed E-state index contributed by atoms with van der Waals surface area (Å²) in [6, 6.07) is 0.291. The molecule has 1 aliphatic rings. The second-order valence-electron chi connectivity index (χ2n) is 5.56. The average Bonchev–Trinajstić information content (AvgIpc) is 3.17. The van der Waals surface area contributed by atoms with Crippen LogP contribution in [0.2, 0.25) is 0 Å². The van der Waals surface area contributed by atoms with Crippen molar-refractivity contribution in [3.63, 3.8) is 0 Å². The Bertz CT molecular complexity index is 1070. The summed E-state index contributed by atoms with van der Waals surface area (Å²) in [5, 5.41) is 17.7. The van der Waals surface area contributed by atoms with Gasteiger partial charge in [0.25, 0.3) is 5.62 Å². The molecule has 10 nitrogen and oxygen atoms in total. The molecule has 1 fully saturated rings. The zero-order valence-corrected chi connectivity index (χ0v) is 12.9. The number of aromatic nitrogens is 6. The zero-order chi connectivity index (χ0) is 16.7. The van der Waals surface area contributed by atoms with Crippen LogP contribution in [0.25, 0.3) is 11.7 Å². The van der Waals surface area contributed by atoms with E-state index in [1.54, 1.807) is 16.8 Å². The van der Waals surface area contributed by atoms with E-state index in [2.05, 4.69) is 35.3 Å². The molecular formula is C14H16N8O2. The lowest BCUT2D eigenvalue weighted by Crippen LogP contribution is -2.24. The first kappa shape index (κ1) is 14.4. The minimum Gasteiger partial charge on any atom is -0.493 e. The molecule has 0 amide bonds. The number of hydrogen-bond donors (Lipinski definition) is 4. The topological polar surface area (TPSA) is 136 Å². The van der Waals surface area contributed by atoms with Crippen LogP contribution in [0.1, 0.15) is 25.5 Å². The lowest BCUT2D eigenvalue weighted by atomic mass is 10.3. The fraction of sp³-hybridized carbons (Fsp3) is 0.357. The predicted molar refractivity (Wildman–Crippen MR) is 85.4 cm³/mol. The van der Waals surface area contributed by atoms with Gasteiger partial charge in [0.05, 0.1) is 12.2 Å². The number of fused-ring (bicyclic) bond motifs is 1. The van der Waals surface area contributed by atoms with Gasteiger partial charge < -0.3 is 15.4 Å². The molecule has 3 aromatic rings. The van der Waals surface area contributed by atoms with Crippen LogP contribution in [0.3, 0.4) is 0 Å². The van der Waals surface area contributed by atoms with Crippen molar-refractivity contribution >= 4 is 17.7 Å². The lowest BCUT2D eigenvalue weighted by molar-refractivity contribution is 0.454. The van der Waals surface area contributed by atoms with Gasteiger partial charge in [0, 0.05) is 11.8 Å². The van der Waals surface area contributed by atoms with Gasteiger partial charge in [-0.15, -0.1) is 0 Å². The van der Waals surface area contributed by atoms with Gasteiger partial charge in [0.1, 0.15) is 5.69 Å². The maximum Gasteiger partial charge on any atom is 0.326 e. The molecule has 1 aliphatic carbocycles. The van der Waals surface area contributed by atoms with E-state index in [-0.39, 0.29) is 11.6 Å². The van der Waals surface area contributed by atoms with Crippen molar-refractivity contribution in [3.05, 3.63) is 33.2 Å². The molecule has 4 N–H and O–H groups in total. The van der Waals surface area contributed by atoms with Gasteiger partial charge in [0.2, 0.25) is 11.8 Å². The van der Waals surface area contributed by atoms with E-state index in [1.807, 2.05) is 6.92 Å². The first-order valence-electron chi connectivity index (χ1n) is 7.70. The van der Waals surface area contributed by atoms with E-state index in [4.69, 9.17) is 0 Å². The molecular weight excluding hydrogens is 312 g/mol. The SMILES string of the molecule is CCNc1nc(=NC2CC2)n2ncc(=Cc3[nH]c(=O)[nH]c3O)c2n1. The Morgan fingerprint density at radius 3 is 2.96 bits per heavy atom. The first-order valence-corrected chi connectivity index (χ1v) is 7.70. The molecule has 3 heterocycles. The van der Waals surface area contributed by atoms with E-state index in [1.165, 1.54) is 0 Å². The lowest BCUT2D eigenvalue weighted by Gasteiger charge is -2.01. The van der Waals surface area contributed by atoms with Crippen molar-refractivity contribution in [1.82, 2.24) is 29.5 Å². The highest BCUT2D eigenvalue weighted by Gasteiger charge is 2.20. The maximum atomic E-state index is 11.3. The summed E-state index contributed by atoms with van der Waals surface area (Å²) in [6.45, 7) is 2.63. The minimum atomic E-state index is -0.484. The molecule has 0 aliphatic heterocycles. The number of anilines is 1. The van der Waals surface area contributed by atoms with Gasteiger partial charge in [-0.1, -0.05) is 0 Å². The van der Waals surface area contributed by atoms with E-state index in [9.17, 15) is 9.90 Å². The summed E-state index contributed by atoms with van der Waals surface area (Å²) in [4.78, 5) is 29.4. The van der Waals surface area contributed by atoms with Crippen molar-refractivity contribution in [3.8, 4) is 5.88 Å². The van der Waals surface area contributed by atoms with Gasteiger partial charge in [-0.25, -0.2) is 9.79 Å². The maximum absolute atomic E-state index is 11.3. The number of imidazole rings is 1. The molecule has 0 atom stereocenters. The van der Waals surface area contributed by atoms with Gasteiger partial charge >= 0.3 is 5.69 Å². The third kappa shape index (κ3) is 2.62. The second-order valence-corrected chi connectivity index (χ2v) is 5.56. The molecule has 0 bridgehead atoms. The van der Waals surface area contributed by atoms with Crippen molar-refractivity contribution in [1.29, 1.82) is 0 Å². The quantitative estimate of drug-likeness (QED) is 0.479. The molecule has 0 aromatic carbocycles. The number of nitrogens with zero attached hydrogens (tertiary/aromatic N) is 5. The summed E-state index contributed by atoms with van der Waals surface area (Å²) in [5.74, 6) is 0.231. The van der Waals surface area contributed by atoms with E-state index < -0.39 is 5.69 Å². The summed E-state index contributed by atoms with van der Waals surface area (Å²) in [7, 11) is 0. The molecule has 0 radical (unpaired) electrons. The summed E-state index contributed by atoms with van der Waals surface area (Å²) >= 11 is 0. The Morgan fingerprint density at radius 1 is 1.46 bits per heavy atom. The number of aromatic hydroxyl groups is 1. The van der Waals surface area contributed by atoms with E-state index >= 15 is 0 Å². The fourth-order valence-corrected chi connectivity index (χ4v) is 2.32. The Kier molecular flexibility index (Phi) is 3.29. The van der Waals surface area contributed by atoms with Crippen LogP contribution >= 0.6 is 0 Å². The minimum absolute atomic E-state index is 0.233. The smallest absolute Gasteiger partial charge is 0.326 e. The monoisotopic (exact) mass is 328 g/mol. The van der Waals surface area contributed by atoms with Crippen molar-refractivity contribution < 1.29 is 5.11 Å². The van der Waals surface area contributed by atoms with Gasteiger partial charge in [-0.2, -0.15) is 19.6 Å². The molecule has 4 rings (SSSR count). The molecule has 10 heteroatoms. The van der Waals surface area contributed by atoms with Crippen molar-refractivity contribution in [2.45, 2.75) is 25.8 Å². The summed E-state index contributed by atoms with van der Waals surface area (Å²) in [5.41, 5.74) is 0.813. The normalized spacial score (nSPS) is 16.2. The standard InChI is InChI=1S/C14H16N8O2/c1-2-15-12-19-10-7(5-9-11(23)20-14(24)18-9)6-16-22(10)13(21-12)17-8-3-4-8/h5-6,8,23H,2-4H2,1H3,(H,15,17,21)(H2,18,20,24). The van der Waals surface area contributed by atoms with Gasteiger partial charge in [-0.3, -0.25) is 4.98 Å². The van der Waals surface area contributed by atoms with Crippen LogP contribution in [0.15, 0.2) is 16.0 Å². The third-order valence-electron chi connectivity index (χ3n) is 3.59. The van der Waals surface area contributed by atoms with Crippen LogP contribution in [-0.4, -0.2) is 47.2 Å². The molecule has 0 saturated heterocycles. The summed E-state index contributed by atoms with van der Waals surface area (Å²) in [6.07, 6.45) is 5.30. The van der Waals surface area contributed by atoms with E-state index in [0.717, 1.165) is 12.8 Å². The second kappa shape index (κ2) is 5.48. The Labute approximate surface area is 135 Å². The largest absolute Gasteiger partial charge is 0.493 e. The Balaban J connectivity index is 1.96. The number of nitrogens with one attached hydrogen (secondary N) is 3. The zero-order valence-electron chi connectivity index (χ0n) is 12.9. The molecule has 0 spiro atoms. The highest BCUT2D eigenvalue weighted by molar-refractivity contribution is 5.57. The van der Waals surface area contributed by atoms with Crippen LogP contribution in [0, 0.1) is 0 Å². The fourth-order valence-electron chi connectivity index (χ4n) is 2.32. The molecule has 1 saturated carbocycles. The molecule has 24 heavy (non-hydrogen) atoms. The van der Waals surface area contributed by atoms with Crippen LogP contribution in [0.4, 0.5) is 5.95 Å². The highest BCUT2D eigenvalue weighted by atomic mass is 16.3. The molecule has 3 aromatic heterocycles. The van der Waals surface area contributed by atoms with Crippen LogP contribution < -0.4 is 21.8 Å². The number of rotatable bonds is 4. The average molecular weight is 328 g/mol. The van der Waals surface area contributed by atoms with Crippen molar-refractivity contribution in [2.24, 2.45) is 4.99 Å². The summed E-state index contributed by atoms with van der Waals surface area (Å²) < 4.78 is 1.56. The van der Waals surface area contributed by atoms with Crippen LogP contribution in [-0.2, 0) is 0 Å². The van der Waals surface area contributed by atoms with Gasteiger partial charge in [-0.05, 0) is 25.8 Å². The third-order valence-corrected chi connectivity index (χ3v) is 3.59. The Hall–Kier alpha value is -3.17. The first-order chi connectivity index (χ1) is 11.6.